The highest BCUT2D eigenvalue weighted by Gasteiger charge is 2.44. The van der Waals surface area contributed by atoms with E-state index in [0.29, 0.717) is 0 Å². The number of amides is 1. The van der Waals surface area contributed by atoms with Crippen LogP contribution in [0.2, 0.25) is 0 Å². The summed E-state index contributed by atoms with van der Waals surface area (Å²) in [5, 5.41) is 2.28. The summed E-state index contributed by atoms with van der Waals surface area (Å²) in [7, 11) is -4.18. The van der Waals surface area contributed by atoms with Gasteiger partial charge in [-0.25, -0.2) is 0 Å². The van der Waals surface area contributed by atoms with Crippen LogP contribution < -0.4 is 5.32 Å². The number of nitrogens with one attached hydrogen (secondary N) is 1. The summed E-state index contributed by atoms with van der Waals surface area (Å²) >= 11 is 0. The summed E-state index contributed by atoms with van der Waals surface area (Å²) in [6.45, 7) is 11.2. The molecule has 0 spiro atoms. The Bertz CT molecular complexity index is 599. The first-order valence-corrected chi connectivity index (χ1v) is 9.13. The van der Waals surface area contributed by atoms with Crippen LogP contribution in [-0.4, -0.2) is 50.6 Å². The monoisotopic (exact) mass is 363 g/mol. The number of esters is 1. The minimum atomic E-state index is -4.18. The van der Waals surface area contributed by atoms with E-state index in [2.05, 4.69) is 11.9 Å². The Morgan fingerprint density at radius 3 is 2.33 bits per heavy atom. The quantitative estimate of drug-likeness (QED) is 0.436. The molecular weight excluding hydrogens is 338 g/mol. The van der Waals surface area contributed by atoms with Gasteiger partial charge in [0.1, 0.15) is 18.8 Å². The molecule has 0 aromatic carbocycles. The Hall–Kier alpha value is -1.45. The first-order valence-electron chi connectivity index (χ1n) is 7.66. The summed E-state index contributed by atoms with van der Waals surface area (Å²) in [5.41, 5.74) is -1.38. The third-order valence-corrected chi connectivity index (χ3v) is 5.03. The second-order valence-electron chi connectivity index (χ2n) is 6.17. The summed E-state index contributed by atoms with van der Waals surface area (Å²) in [5.74, 6) is -1.54. The SMILES string of the molecule is C=C(C)C(=O)NCC(=O)OC1C(C)OC(C)C(C(C)C)OS1(=O)=O. The third kappa shape index (κ3) is 5.29. The lowest BCUT2D eigenvalue weighted by atomic mass is 10.0. The smallest absolute Gasteiger partial charge is 0.326 e. The van der Waals surface area contributed by atoms with Crippen LogP contribution in [0.3, 0.4) is 0 Å². The van der Waals surface area contributed by atoms with Crippen molar-refractivity contribution in [2.75, 3.05) is 6.54 Å². The maximum absolute atomic E-state index is 12.4. The fraction of sp³-hybridized carbons (Fsp3) is 0.733. The molecule has 1 aliphatic heterocycles. The molecule has 1 N–H and O–H groups in total. The average Bonchev–Trinajstić information content (AvgIpc) is 2.54. The molecule has 0 saturated carbocycles. The first kappa shape index (κ1) is 20.6. The predicted molar refractivity (Wildman–Crippen MR) is 86.3 cm³/mol. The van der Waals surface area contributed by atoms with Crippen LogP contribution in [0.25, 0.3) is 0 Å². The highest BCUT2D eigenvalue weighted by molar-refractivity contribution is 7.87. The summed E-state index contributed by atoms with van der Waals surface area (Å²) in [6.07, 6.45) is -2.07. The largest absolute Gasteiger partial charge is 0.439 e. The molecule has 0 aromatic heterocycles. The Morgan fingerprint density at radius 2 is 1.83 bits per heavy atom. The predicted octanol–water partition coefficient (Wildman–Crippen LogP) is 0.726. The van der Waals surface area contributed by atoms with Crippen LogP contribution in [0.5, 0.6) is 0 Å². The van der Waals surface area contributed by atoms with E-state index in [4.69, 9.17) is 13.7 Å². The zero-order chi connectivity index (χ0) is 18.7. The van der Waals surface area contributed by atoms with Crippen LogP contribution in [0, 0.1) is 5.92 Å². The van der Waals surface area contributed by atoms with Gasteiger partial charge in [0.05, 0.1) is 6.10 Å². The van der Waals surface area contributed by atoms with Crippen LogP contribution in [-0.2, 0) is 33.4 Å². The van der Waals surface area contributed by atoms with E-state index in [1.165, 1.54) is 13.8 Å². The number of carbonyl (C=O) groups is 2. The van der Waals surface area contributed by atoms with Gasteiger partial charge in [0.25, 0.3) is 5.44 Å². The van der Waals surface area contributed by atoms with Crippen molar-refractivity contribution in [3.8, 4) is 0 Å². The molecule has 24 heavy (non-hydrogen) atoms. The van der Waals surface area contributed by atoms with E-state index >= 15 is 0 Å². The van der Waals surface area contributed by atoms with E-state index in [1.807, 2.05) is 13.8 Å². The van der Waals surface area contributed by atoms with Gasteiger partial charge >= 0.3 is 16.1 Å². The van der Waals surface area contributed by atoms with Crippen molar-refractivity contribution in [2.45, 2.75) is 58.4 Å². The topological polar surface area (TPSA) is 108 Å². The molecule has 1 amide bonds. The number of hydrogen-bond donors (Lipinski definition) is 1. The average molecular weight is 363 g/mol. The van der Waals surface area contributed by atoms with Gasteiger partial charge in [-0.15, -0.1) is 0 Å². The van der Waals surface area contributed by atoms with Crippen LogP contribution in [0.15, 0.2) is 12.2 Å². The maximum Gasteiger partial charge on any atom is 0.326 e. The van der Waals surface area contributed by atoms with Gasteiger partial charge in [-0.1, -0.05) is 20.4 Å². The van der Waals surface area contributed by atoms with Crippen LogP contribution in [0.1, 0.15) is 34.6 Å². The van der Waals surface area contributed by atoms with Crippen molar-refractivity contribution in [3.63, 3.8) is 0 Å². The molecule has 138 valence electrons. The number of carbonyl (C=O) groups excluding carboxylic acids is 2. The molecule has 0 bridgehead atoms. The highest BCUT2D eigenvalue weighted by atomic mass is 32.2. The minimum Gasteiger partial charge on any atom is -0.439 e. The molecule has 9 heteroatoms. The van der Waals surface area contributed by atoms with Gasteiger partial charge in [0, 0.05) is 5.57 Å². The van der Waals surface area contributed by atoms with Gasteiger partial charge in [-0.05, 0) is 26.7 Å². The van der Waals surface area contributed by atoms with Crippen molar-refractivity contribution in [1.29, 1.82) is 0 Å². The molecular formula is C15H25NO7S. The molecule has 0 radical (unpaired) electrons. The molecule has 1 heterocycles. The fourth-order valence-corrected chi connectivity index (χ4v) is 3.84. The fourth-order valence-electron chi connectivity index (χ4n) is 2.29. The summed E-state index contributed by atoms with van der Waals surface area (Å²) in [4.78, 5) is 23.2. The Balaban J connectivity index is 2.83. The van der Waals surface area contributed by atoms with E-state index in [-0.39, 0.29) is 11.5 Å². The van der Waals surface area contributed by atoms with Crippen molar-refractivity contribution in [3.05, 3.63) is 12.2 Å². The lowest BCUT2D eigenvalue weighted by Crippen LogP contribution is -2.40. The molecule has 1 aliphatic rings. The minimum absolute atomic E-state index is 0.105. The van der Waals surface area contributed by atoms with Crippen molar-refractivity contribution in [1.82, 2.24) is 5.32 Å². The van der Waals surface area contributed by atoms with Crippen LogP contribution in [0.4, 0.5) is 0 Å². The second kappa shape index (κ2) is 8.09. The molecule has 1 saturated heterocycles. The van der Waals surface area contributed by atoms with E-state index in [0.717, 1.165) is 0 Å². The molecule has 1 fully saturated rings. The summed E-state index contributed by atoms with van der Waals surface area (Å²) < 4.78 is 40.5. The molecule has 4 unspecified atom stereocenters. The van der Waals surface area contributed by atoms with Gasteiger partial charge in [0.2, 0.25) is 5.91 Å². The molecule has 0 aromatic rings. The van der Waals surface area contributed by atoms with E-state index in [1.54, 1.807) is 6.92 Å². The maximum atomic E-state index is 12.4. The summed E-state index contributed by atoms with van der Waals surface area (Å²) in [6, 6.07) is 0. The van der Waals surface area contributed by atoms with Gasteiger partial charge in [-0.2, -0.15) is 8.42 Å². The standard InChI is InChI=1S/C15H25NO7S/c1-8(2)13-10(5)21-11(6)15(24(19,20)23-13)22-12(17)7-16-14(18)9(3)4/h8,10-11,13,15H,3,7H2,1-2,4-6H3,(H,16,18). The number of rotatable bonds is 5. The zero-order valence-corrected chi connectivity index (χ0v) is 15.4. The number of ether oxygens (including phenoxy) is 2. The zero-order valence-electron chi connectivity index (χ0n) is 14.6. The Morgan fingerprint density at radius 1 is 1.25 bits per heavy atom. The lowest BCUT2D eigenvalue weighted by molar-refractivity contribution is -0.151. The molecule has 4 atom stereocenters. The Labute approximate surface area is 142 Å². The first-order chi connectivity index (χ1) is 11.0. The molecule has 1 rings (SSSR count). The van der Waals surface area contributed by atoms with Gasteiger partial charge in [-0.3, -0.25) is 13.8 Å². The van der Waals surface area contributed by atoms with Crippen LogP contribution >= 0.6 is 0 Å². The Kier molecular flexibility index (Phi) is 6.94. The lowest BCUT2D eigenvalue weighted by Gasteiger charge is -2.23. The van der Waals surface area contributed by atoms with E-state index < -0.39 is 52.3 Å². The van der Waals surface area contributed by atoms with Crippen molar-refractivity contribution in [2.24, 2.45) is 5.92 Å². The third-order valence-electron chi connectivity index (χ3n) is 3.49. The highest BCUT2D eigenvalue weighted by Crippen LogP contribution is 2.27. The van der Waals surface area contributed by atoms with E-state index in [9.17, 15) is 18.0 Å². The van der Waals surface area contributed by atoms with Crippen molar-refractivity contribution >= 4 is 22.0 Å². The normalized spacial score (nSPS) is 29.6. The molecule has 0 aliphatic carbocycles. The van der Waals surface area contributed by atoms with Gasteiger partial charge in [0.15, 0.2) is 0 Å². The second-order valence-corrected chi connectivity index (χ2v) is 7.81. The van der Waals surface area contributed by atoms with Crippen molar-refractivity contribution < 1.29 is 31.7 Å². The molecule has 8 nitrogen and oxygen atoms in total. The number of hydrogen-bond acceptors (Lipinski definition) is 7. The van der Waals surface area contributed by atoms with Gasteiger partial charge < -0.3 is 14.8 Å².